The molecular formula is C41H50N4O7S2. The first-order valence-electron chi connectivity index (χ1n) is 18.4. The third kappa shape index (κ3) is 7.34. The number of aromatic nitrogens is 2. The van der Waals surface area contributed by atoms with Crippen LogP contribution in [0.2, 0.25) is 0 Å². The molecule has 2 bridgehead atoms. The summed E-state index contributed by atoms with van der Waals surface area (Å²) in [6.45, 7) is 15.9. The Hall–Kier alpha value is -4.07. The Balaban J connectivity index is 1.12. The zero-order valence-electron chi connectivity index (χ0n) is 31.7. The van der Waals surface area contributed by atoms with Crippen molar-refractivity contribution in [1.29, 1.82) is 0 Å². The highest BCUT2D eigenvalue weighted by Gasteiger charge is 2.68. The lowest BCUT2D eigenvalue weighted by atomic mass is 9.44. The lowest BCUT2D eigenvalue weighted by molar-refractivity contribution is -0.205. The highest BCUT2D eigenvalue weighted by atomic mass is 32.2. The molecule has 3 aliphatic carbocycles. The first kappa shape index (κ1) is 39.6. The number of ketones is 1. The number of hydrogen-bond donors (Lipinski definition) is 3. The maximum Gasteiger partial charge on any atom is 0.316 e. The Morgan fingerprint density at radius 2 is 1.74 bits per heavy atom. The van der Waals surface area contributed by atoms with Crippen LogP contribution in [0.1, 0.15) is 81.5 Å². The molecule has 1 heterocycles. The van der Waals surface area contributed by atoms with Gasteiger partial charge in [-0.2, -0.15) is 0 Å². The van der Waals surface area contributed by atoms with Crippen molar-refractivity contribution in [2.45, 2.75) is 95.6 Å². The normalized spacial score (nSPS) is 30.7. The number of amides is 1. The second-order valence-electron chi connectivity index (χ2n) is 15.9. The SMILES string of the molecule is C=C[C@]1(C)C[C@@H](OC(=O)CSc2cccc(C(=O)Nc3ccc(S(=O)(=O)Nc4nc(C)cc(C)n4)cc3)c2)[C@]2(C)[C@H](C)CC[C@]3(CCC(=O)[C@H]32)[C@@H](C)[C@@H]1O. The average Bonchev–Trinajstić information content (AvgIpc) is 3.48. The smallest absolute Gasteiger partial charge is 0.316 e. The molecule has 3 fully saturated rings. The van der Waals surface area contributed by atoms with Crippen LogP contribution in [0, 0.1) is 47.8 Å². The zero-order chi connectivity index (χ0) is 39.2. The van der Waals surface area contributed by atoms with Gasteiger partial charge in [-0.25, -0.2) is 23.1 Å². The maximum absolute atomic E-state index is 13.7. The van der Waals surface area contributed by atoms with Crippen LogP contribution in [0.3, 0.4) is 0 Å². The van der Waals surface area contributed by atoms with Gasteiger partial charge in [-0.05, 0) is 105 Å². The van der Waals surface area contributed by atoms with Gasteiger partial charge >= 0.3 is 5.97 Å². The molecule has 3 aliphatic rings. The highest BCUT2D eigenvalue weighted by molar-refractivity contribution is 8.00. The molecule has 2 aromatic carbocycles. The molecule has 54 heavy (non-hydrogen) atoms. The summed E-state index contributed by atoms with van der Waals surface area (Å²) in [5.41, 5.74) is 0.329. The Bertz CT molecular complexity index is 2050. The molecule has 0 unspecified atom stereocenters. The Morgan fingerprint density at radius 1 is 1.06 bits per heavy atom. The molecule has 3 aromatic rings. The fourth-order valence-electron chi connectivity index (χ4n) is 9.43. The van der Waals surface area contributed by atoms with E-state index in [1.54, 1.807) is 50.3 Å². The van der Waals surface area contributed by atoms with Crippen molar-refractivity contribution < 1.29 is 32.6 Å². The van der Waals surface area contributed by atoms with E-state index in [2.05, 4.69) is 47.4 Å². The summed E-state index contributed by atoms with van der Waals surface area (Å²) < 4.78 is 34.6. The molecule has 1 aromatic heterocycles. The Morgan fingerprint density at radius 3 is 2.41 bits per heavy atom. The predicted molar refractivity (Wildman–Crippen MR) is 209 cm³/mol. The second-order valence-corrected chi connectivity index (χ2v) is 18.7. The van der Waals surface area contributed by atoms with Crippen molar-refractivity contribution in [3.8, 4) is 0 Å². The van der Waals surface area contributed by atoms with Crippen molar-refractivity contribution in [3.63, 3.8) is 0 Å². The van der Waals surface area contributed by atoms with Gasteiger partial charge in [0.15, 0.2) is 0 Å². The van der Waals surface area contributed by atoms with E-state index in [1.165, 1.54) is 36.0 Å². The number of aliphatic hydroxyl groups excluding tert-OH is 1. The monoisotopic (exact) mass is 774 g/mol. The van der Waals surface area contributed by atoms with Gasteiger partial charge in [0.05, 0.1) is 16.8 Å². The quantitative estimate of drug-likeness (QED) is 0.110. The number of thioether (sulfide) groups is 1. The number of sulfonamides is 1. The van der Waals surface area contributed by atoms with E-state index < -0.39 is 44.9 Å². The molecule has 0 saturated heterocycles. The maximum atomic E-state index is 13.7. The molecule has 0 spiro atoms. The summed E-state index contributed by atoms with van der Waals surface area (Å²) in [5, 5.41) is 14.6. The molecule has 8 atom stereocenters. The van der Waals surface area contributed by atoms with E-state index in [4.69, 9.17) is 4.74 Å². The second kappa shape index (κ2) is 14.9. The summed E-state index contributed by atoms with van der Waals surface area (Å²) in [6.07, 6.45) is 3.77. The molecule has 0 radical (unpaired) electrons. The van der Waals surface area contributed by atoms with E-state index in [-0.39, 0.29) is 45.5 Å². The Labute approximate surface area is 322 Å². The third-order valence-corrected chi connectivity index (χ3v) is 15.0. The van der Waals surface area contributed by atoms with Crippen LogP contribution in [0.5, 0.6) is 0 Å². The highest BCUT2D eigenvalue weighted by Crippen LogP contribution is 2.68. The number of aryl methyl sites for hydroxylation is 2. The third-order valence-electron chi connectivity index (χ3n) is 12.7. The van der Waals surface area contributed by atoms with Crippen molar-refractivity contribution >= 4 is 51.1 Å². The summed E-state index contributed by atoms with van der Waals surface area (Å²) in [7, 11) is -3.96. The summed E-state index contributed by atoms with van der Waals surface area (Å²) in [6, 6.07) is 14.3. The van der Waals surface area contributed by atoms with E-state index >= 15 is 0 Å². The number of ether oxygens (including phenoxy) is 1. The van der Waals surface area contributed by atoms with E-state index in [1.807, 2.05) is 6.92 Å². The summed E-state index contributed by atoms with van der Waals surface area (Å²) in [5.74, 6) is -0.958. The fourth-order valence-corrected chi connectivity index (χ4v) is 11.1. The first-order valence-corrected chi connectivity index (χ1v) is 20.9. The molecule has 3 N–H and O–H groups in total. The minimum absolute atomic E-state index is 0.0172. The van der Waals surface area contributed by atoms with Crippen LogP contribution in [0.4, 0.5) is 11.6 Å². The molecule has 13 heteroatoms. The van der Waals surface area contributed by atoms with Crippen LogP contribution in [-0.2, 0) is 24.3 Å². The molecule has 0 aliphatic heterocycles. The number of Topliss-reactive ketones (excluding diaryl/α,β-unsaturated/α-hetero) is 1. The zero-order valence-corrected chi connectivity index (χ0v) is 33.4. The van der Waals surface area contributed by atoms with Crippen LogP contribution in [-0.4, -0.2) is 59.1 Å². The summed E-state index contributed by atoms with van der Waals surface area (Å²) >= 11 is 1.24. The number of esters is 1. The largest absolute Gasteiger partial charge is 0.461 e. The number of hydrogen-bond acceptors (Lipinski definition) is 10. The molecular weight excluding hydrogens is 725 g/mol. The van der Waals surface area contributed by atoms with Crippen LogP contribution in [0.15, 0.2) is 77.0 Å². The number of benzene rings is 2. The van der Waals surface area contributed by atoms with Gasteiger partial charge in [0, 0.05) is 50.7 Å². The van der Waals surface area contributed by atoms with Crippen molar-refractivity contribution in [2.75, 3.05) is 15.8 Å². The minimum atomic E-state index is -3.96. The van der Waals surface area contributed by atoms with Gasteiger partial charge in [0.2, 0.25) is 5.95 Å². The fraction of sp³-hybridized carbons (Fsp3) is 0.488. The number of carbonyl (C=O) groups is 3. The van der Waals surface area contributed by atoms with Gasteiger partial charge in [0.25, 0.3) is 15.9 Å². The van der Waals surface area contributed by atoms with E-state index in [0.717, 1.165) is 19.3 Å². The van der Waals surface area contributed by atoms with Crippen molar-refractivity contribution in [1.82, 2.24) is 9.97 Å². The average molecular weight is 775 g/mol. The van der Waals surface area contributed by atoms with Crippen molar-refractivity contribution in [3.05, 3.63) is 84.2 Å². The molecule has 11 nitrogen and oxygen atoms in total. The van der Waals surface area contributed by atoms with E-state index in [0.29, 0.717) is 40.4 Å². The van der Waals surface area contributed by atoms with Crippen LogP contribution >= 0.6 is 11.8 Å². The standard InChI is InChI=1S/C41H50N4O7S2/c1-8-39(6)22-33(40(7)24(2)16-18-41(27(5)36(39)48)19-17-32(46)35(40)41)52-34(47)23-53-30-11-9-10-28(21-30)37(49)44-29-12-14-31(15-13-29)54(50,51)45-38-42-25(3)20-26(4)43-38/h8-15,20-21,24,27,33,35-36,48H,1,16-19,22-23H2,2-7H3,(H,44,49)(H,42,43,45)/t24-,27+,33-,35+,36+,39-,40+,41+/m1/s1. The minimum Gasteiger partial charge on any atom is -0.461 e. The van der Waals surface area contributed by atoms with E-state index in [9.17, 15) is 27.9 Å². The van der Waals surface area contributed by atoms with Gasteiger partial charge in [0.1, 0.15) is 11.9 Å². The lowest BCUT2D eigenvalue weighted by Crippen LogP contribution is -2.63. The van der Waals surface area contributed by atoms with Crippen LogP contribution in [0.25, 0.3) is 0 Å². The predicted octanol–water partition coefficient (Wildman–Crippen LogP) is 7.15. The van der Waals surface area contributed by atoms with Gasteiger partial charge in [-0.3, -0.25) is 14.4 Å². The van der Waals surface area contributed by atoms with Crippen molar-refractivity contribution in [2.24, 2.45) is 34.0 Å². The number of nitrogens with one attached hydrogen (secondary N) is 2. The van der Waals surface area contributed by atoms with Gasteiger partial charge < -0.3 is 15.2 Å². The molecule has 3 saturated carbocycles. The number of rotatable bonds is 10. The van der Waals surface area contributed by atoms with Gasteiger partial charge in [-0.1, -0.05) is 39.8 Å². The molecule has 288 valence electrons. The number of nitrogens with zero attached hydrogens (tertiary/aromatic N) is 2. The van der Waals surface area contributed by atoms with Crippen LogP contribution < -0.4 is 10.0 Å². The molecule has 1 amide bonds. The lowest BCUT2D eigenvalue weighted by Gasteiger charge is -2.61. The first-order chi connectivity index (χ1) is 25.4. The Kier molecular flexibility index (Phi) is 10.9. The number of anilines is 2. The topological polar surface area (TPSA) is 165 Å². The van der Waals surface area contributed by atoms with Gasteiger partial charge in [-0.15, -0.1) is 18.3 Å². The number of carbonyl (C=O) groups excluding carboxylic acids is 3. The number of aliphatic hydroxyl groups is 1. The molecule has 6 rings (SSSR count). The summed E-state index contributed by atoms with van der Waals surface area (Å²) in [4.78, 5) is 49.5.